The maximum Gasteiger partial charge on any atom is 0.224 e. The largest absolute Gasteiger partial charge is 0.292 e. The number of halogens is 1. The van der Waals surface area contributed by atoms with Gasteiger partial charge in [-0.2, -0.15) is 0 Å². The molecule has 0 aliphatic rings. The predicted octanol–water partition coefficient (Wildman–Crippen LogP) is 4.66. The Balaban J connectivity index is 2.17. The number of hydrogen-bond donors (Lipinski definition) is 0. The van der Waals surface area contributed by atoms with Crippen molar-refractivity contribution >= 4 is 49.1 Å². The predicted molar refractivity (Wildman–Crippen MR) is 102 cm³/mol. The monoisotopic (exact) mass is 340 g/mol. The third-order valence-corrected chi connectivity index (χ3v) is 5.56. The first-order valence-electron chi connectivity index (χ1n) is 8.66. The highest BCUT2D eigenvalue weighted by atomic mass is 19.1. The van der Waals surface area contributed by atoms with E-state index in [9.17, 15) is 4.39 Å². The summed E-state index contributed by atoms with van der Waals surface area (Å²) < 4.78 is 18.7. The topological polar surface area (TPSA) is 21.2 Å². The smallest absolute Gasteiger partial charge is 0.224 e. The maximum atomic E-state index is 14.4. The van der Waals surface area contributed by atoms with Gasteiger partial charge in [0.25, 0.3) is 0 Å². The van der Waals surface area contributed by atoms with Crippen molar-refractivity contribution in [2.24, 2.45) is 7.05 Å². The van der Waals surface area contributed by atoms with Gasteiger partial charge in [0, 0.05) is 23.0 Å². The first kappa shape index (κ1) is 14.0. The average molecular weight is 340 g/mol. The quantitative estimate of drug-likeness (QED) is 0.224. The molecule has 0 unspecified atom stereocenters. The molecule has 0 aliphatic heterocycles. The van der Waals surface area contributed by atoms with Crippen molar-refractivity contribution in [2.45, 2.75) is 6.92 Å². The second-order valence-corrected chi connectivity index (χ2v) is 7.03. The minimum Gasteiger partial charge on any atom is -0.292 e. The Morgan fingerprint density at radius 2 is 1.92 bits per heavy atom. The number of rotatable bonds is 0. The fraction of sp³-hybridized carbons (Fsp3) is 0.0909. The van der Waals surface area contributed by atoms with E-state index in [2.05, 4.69) is 46.1 Å². The van der Waals surface area contributed by atoms with Gasteiger partial charge in [0.2, 0.25) is 5.52 Å². The maximum absolute atomic E-state index is 14.4. The zero-order chi connectivity index (χ0) is 17.6. The molecule has 124 valence electrons. The molecule has 0 amide bonds. The van der Waals surface area contributed by atoms with Crippen LogP contribution >= 0.6 is 0 Å². The first-order valence-corrected chi connectivity index (χ1v) is 8.66. The Morgan fingerprint density at radius 3 is 2.81 bits per heavy atom. The Kier molecular flexibility index (Phi) is 2.40. The van der Waals surface area contributed by atoms with Crippen LogP contribution in [0.5, 0.6) is 0 Å². The second-order valence-electron chi connectivity index (χ2n) is 7.03. The SMILES string of the molecule is Cc1ccc2c3cccnc3n3c4cc(F)cc5cc[n+](C)c(c1c23)c54. The van der Waals surface area contributed by atoms with Gasteiger partial charge in [-0.15, -0.1) is 0 Å². The molecule has 0 spiro atoms. The van der Waals surface area contributed by atoms with Gasteiger partial charge in [-0.3, -0.25) is 4.40 Å². The molecule has 0 atom stereocenters. The van der Waals surface area contributed by atoms with Crippen molar-refractivity contribution in [1.82, 2.24) is 9.38 Å². The van der Waals surface area contributed by atoms with Gasteiger partial charge in [0.05, 0.1) is 21.8 Å². The van der Waals surface area contributed by atoms with Crippen LogP contribution in [0.4, 0.5) is 4.39 Å². The van der Waals surface area contributed by atoms with E-state index in [0.29, 0.717) is 0 Å². The van der Waals surface area contributed by atoms with E-state index in [1.165, 1.54) is 10.9 Å². The minimum absolute atomic E-state index is 0.227. The summed E-state index contributed by atoms with van der Waals surface area (Å²) in [5.74, 6) is -0.227. The summed E-state index contributed by atoms with van der Waals surface area (Å²) in [4.78, 5) is 4.64. The molecule has 26 heavy (non-hydrogen) atoms. The van der Waals surface area contributed by atoms with Gasteiger partial charge in [-0.1, -0.05) is 12.1 Å². The van der Waals surface area contributed by atoms with Crippen molar-refractivity contribution in [3.05, 3.63) is 66.2 Å². The molecule has 0 N–H and O–H groups in total. The summed E-state index contributed by atoms with van der Waals surface area (Å²) in [6.45, 7) is 2.14. The molecule has 4 heteroatoms. The summed E-state index contributed by atoms with van der Waals surface area (Å²) >= 11 is 0. The summed E-state index contributed by atoms with van der Waals surface area (Å²) in [6, 6.07) is 13.6. The molecule has 6 rings (SSSR count). The van der Waals surface area contributed by atoms with Crippen LogP contribution in [0.2, 0.25) is 0 Å². The van der Waals surface area contributed by atoms with Gasteiger partial charge in [0.1, 0.15) is 18.5 Å². The Hall–Kier alpha value is -3.27. The van der Waals surface area contributed by atoms with E-state index in [4.69, 9.17) is 0 Å². The molecule has 0 bridgehead atoms. The normalized spacial score (nSPS) is 12.4. The molecule has 6 aromatic rings. The first-order chi connectivity index (χ1) is 12.6. The molecule has 0 saturated carbocycles. The Labute approximate surface area is 148 Å². The van der Waals surface area contributed by atoms with Gasteiger partial charge >= 0.3 is 0 Å². The van der Waals surface area contributed by atoms with Crippen molar-refractivity contribution < 1.29 is 8.96 Å². The molecule has 4 aromatic heterocycles. The van der Waals surface area contributed by atoms with Gasteiger partial charge < -0.3 is 0 Å². The molecule has 0 radical (unpaired) electrons. The number of aryl methyl sites for hydroxylation is 2. The van der Waals surface area contributed by atoms with Crippen molar-refractivity contribution in [1.29, 1.82) is 0 Å². The fourth-order valence-electron chi connectivity index (χ4n) is 4.49. The molecule has 3 nitrogen and oxygen atoms in total. The molecular weight excluding hydrogens is 325 g/mol. The molecule has 2 aromatic carbocycles. The lowest BCUT2D eigenvalue weighted by Gasteiger charge is -2.12. The number of hydrogen-bond acceptors (Lipinski definition) is 1. The third-order valence-electron chi connectivity index (χ3n) is 5.56. The van der Waals surface area contributed by atoms with E-state index in [0.717, 1.165) is 43.7 Å². The van der Waals surface area contributed by atoms with E-state index >= 15 is 0 Å². The van der Waals surface area contributed by atoms with Crippen molar-refractivity contribution in [3.8, 4) is 0 Å². The summed E-state index contributed by atoms with van der Waals surface area (Å²) in [5.41, 5.74) is 5.19. The van der Waals surface area contributed by atoms with Crippen molar-refractivity contribution in [2.75, 3.05) is 0 Å². The highest BCUT2D eigenvalue weighted by molar-refractivity contribution is 6.25. The van der Waals surface area contributed by atoms with E-state index < -0.39 is 0 Å². The van der Waals surface area contributed by atoms with Crippen LogP contribution < -0.4 is 4.57 Å². The number of nitrogens with zero attached hydrogens (tertiary/aromatic N) is 3. The summed E-state index contributed by atoms with van der Waals surface area (Å²) in [7, 11) is 2.05. The minimum atomic E-state index is -0.227. The van der Waals surface area contributed by atoms with Crippen LogP contribution in [-0.4, -0.2) is 9.38 Å². The average Bonchev–Trinajstić information content (AvgIpc) is 2.97. The van der Waals surface area contributed by atoms with E-state index in [1.807, 2.05) is 18.3 Å². The fourth-order valence-corrected chi connectivity index (χ4v) is 4.49. The lowest BCUT2D eigenvalue weighted by atomic mass is 10.00. The highest BCUT2D eigenvalue weighted by Crippen LogP contribution is 2.39. The summed E-state index contributed by atoms with van der Waals surface area (Å²) in [6.07, 6.45) is 3.81. The molecule has 0 fully saturated rings. The van der Waals surface area contributed by atoms with Crippen LogP contribution in [0.3, 0.4) is 0 Å². The van der Waals surface area contributed by atoms with Gasteiger partial charge in [-0.05, 0) is 42.1 Å². The molecule has 0 aliphatic carbocycles. The number of fused-ring (bicyclic) bond motifs is 5. The van der Waals surface area contributed by atoms with Crippen LogP contribution in [0.1, 0.15) is 5.56 Å². The zero-order valence-electron chi connectivity index (χ0n) is 14.4. The van der Waals surface area contributed by atoms with Gasteiger partial charge in [-0.25, -0.2) is 13.9 Å². The van der Waals surface area contributed by atoms with Crippen LogP contribution in [0.25, 0.3) is 49.1 Å². The van der Waals surface area contributed by atoms with Crippen LogP contribution in [0.15, 0.2) is 54.9 Å². The Morgan fingerprint density at radius 1 is 1.04 bits per heavy atom. The number of benzene rings is 2. The van der Waals surface area contributed by atoms with E-state index in [-0.39, 0.29) is 5.82 Å². The summed E-state index contributed by atoms with van der Waals surface area (Å²) in [5, 5.41) is 5.43. The molecule has 0 saturated heterocycles. The molecular formula is C22H15FN3+. The third kappa shape index (κ3) is 1.48. The van der Waals surface area contributed by atoms with Gasteiger partial charge in [0.15, 0.2) is 6.20 Å². The lowest BCUT2D eigenvalue weighted by Crippen LogP contribution is -2.29. The lowest BCUT2D eigenvalue weighted by molar-refractivity contribution is -0.643. The van der Waals surface area contributed by atoms with Crippen LogP contribution in [0, 0.1) is 12.7 Å². The second kappa shape index (κ2) is 4.47. The number of pyridine rings is 3. The zero-order valence-corrected chi connectivity index (χ0v) is 14.4. The highest BCUT2D eigenvalue weighted by Gasteiger charge is 2.24. The van der Waals surface area contributed by atoms with Crippen LogP contribution in [-0.2, 0) is 7.05 Å². The molecule has 4 heterocycles. The Bertz CT molecular complexity index is 1510. The van der Waals surface area contributed by atoms with E-state index in [1.54, 1.807) is 18.3 Å². The number of aromatic nitrogens is 3. The standard InChI is InChI=1S/C22H15FN3/c1-12-5-6-15-16-4-3-8-24-22(16)26-17-11-14(23)10-13-7-9-25(2)21(19(13)17)18(12)20(15)26/h3-11H,1-2H3/q+1. The van der Waals surface area contributed by atoms with Crippen molar-refractivity contribution in [3.63, 3.8) is 0 Å².